The first kappa shape index (κ1) is 33.2. The molecule has 4 amide bonds. The van der Waals surface area contributed by atoms with Gasteiger partial charge in [0.2, 0.25) is 12.3 Å². The van der Waals surface area contributed by atoms with Crippen molar-refractivity contribution >= 4 is 24.1 Å². The van der Waals surface area contributed by atoms with Crippen LogP contribution in [0.2, 0.25) is 0 Å². The number of piperidine rings is 1. The number of aromatic nitrogens is 3. The minimum Gasteiger partial charge on any atom is -0.379 e. The number of hydrogen-bond donors (Lipinski definition) is 1. The number of imide groups is 1. The molecule has 1 atom stereocenters. The summed E-state index contributed by atoms with van der Waals surface area (Å²) in [6.45, 7) is 7.20. The van der Waals surface area contributed by atoms with E-state index in [0.29, 0.717) is 83.2 Å². The smallest absolute Gasteiger partial charge is 0.276 e. The third-order valence-electron chi connectivity index (χ3n) is 7.88. The van der Waals surface area contributed by atoms with Gasteiger partial charge in [-0.05, 0) is 55.7 Å². The molecule has 1 fully saturated rings. The maximum Gasteiger partial charge on any atom is 0.276 e. The van der Waals surface area contributed by atoms with Crippen LogP contribution in [0.4, 0.5) is 0 Å². The third kappa shape index (κ3) is 9.16. The van der Waals surface area contributed by atoms with Crippen LogP contribution >= 0.6 is 0 Å². The lowest BCUT2D eigenvalue weighted by Crippen LogP contribution is -2.46. The lowest BCUT2D eigenvalue weighted by atomic mass is 10.00. The highest BCUT2D eigenvalue weighted by Gasteiger charge is 2.36. The van der Waals surface area contributed by atoms with Gasteiger partial charge in [0.25, 0.3) is 11.8 Å². The van der Waals surface area contributed by atoms with Crippen LogP contribution in [0.1, 0.15) is 77.4 Å². The molecule has 0 bridgehead atoms. The van der Waals surface area contributed by atoms with Gasteiger partial charge in [0.05, 0.1) is 45.8 Å². The van der Waals surface area contributed by atoms with Crippen molar-refractivity contribution in [3.05, 3.63) is 46.8 Å². The van der Waals surface area contributed by atoms with Gasteiger partial charge in [0.1, 0.15) is 6.04 Å². The Balaban J connectivity index is 1.05. The van der Waals surface area contributed by atoms with E-state index in [1.807, 2.05) is 24.0 Å². The number of rotatable bonds is 19. The molecule has 0 aliphatic carbocycles. The van der Waals surface area contributed by atoms with Crippen LogP contribution in [0, 0.1) is 0 Å². The van der Waals surface area contributed by atoms with Crippen molar-refractivity contribution in [2.45, 2.75) is 71.0 Å². The molecular weight excluding hydrogens is 568 g/mol. The molecule has 1 aromatic heterocycles. The summed E-state index contributed by atoms with van der Waals surface area (Å²) >= 11 is 0. The first-order valence-electron chi connectivity index (χ1n) is 15.6. The number of nitrogens with zero attached hydrogens (tertiary/aromatic N) is 5. The second-order valence-corrected chi connectivity index (χ2v) is 11.0. The average Bonchev–Trinajstić information content (AvgIpc) is 3.65. The van der Waals surface area contributed by atoms with Gasteiger partial charge in [0, 0.05) is 31.8 Å². The number of fused-ring (bicyclic) bond motifs is 1. The first-order chi connectivity index (χ1) is 21.5. The van der Waals surface area contributed by atoms with E-state index >= 15 is 0 Å². The van der Waals surface area contributed by atoms with Crippen molar-refractivity contribution in [2.75, 3.05) is 52.7 Å². The van der Waals surface area contributed by atoms with Gasteiger partial charge >= 0.3 is 0 Å². The lowest BCUT2D eigenvalue weighted by Gasteiger charge is -2.25. The number of nitrogens with one attached hydrogen (secondary N) is 1. The van der Waals surface area contributed by atoms with Crippen LogP contribution in [0.3, 0.4) is 0 Å². The van der Waals surface area contributed by atoms with E-state index in [4.69, 9.17) is 14.2 Å². The van der Waals surface area contributed by atoms with Crippen molar-refractivity contribution in [3.63, 3.8) is 0 Å². The van der Waals surface area contributed by atoms with E-state index in [1.54, 1.807) is 21.8 Å². The molecule has 0 spiro atoms. The Morgan fingerprint density at radius 3 is 2.48 bits per heavy atom. The van der Waals surface area contributed by atoms with Crippen molar-refractivity contribution in [1.29, 1.82) is 0 Å². The number of amides is 4. The van der Waals surface area contributed by atoms with Gasteiger partial charge < -0.3 is 24.0 Å². The topological polar surface area (TPSA) is 145 Å². The number of carbonyl (C=O) groups is 4. The summed E-state index contributed by atoms with van der Waals surface area (Å²) < 4.78 is 18.5. The SMILES string of the molecule is CCCC(C(=O)NC=O)N1Cc2c(CCCOCCOCCOCCn3cc(C(=O)N4CCCCC4)nn3)cccc2C1=O. The number of likely N-dealkylation sites (tertiary alicyclic amines) is 1. The predicted molar refractivity (Wildman–Crippen MR) is 160 cm³/mol. The lowest BCUT2D eigenvalue weighted by molar-refractivity contribution is -0.129. The molecule has 0 saturated carbocycles. The number of benzene rings is 1. The fraction of sp³-hybridized carbons (Fsp3) is 0.613. The van der Waals surface area contributed by atoms with Crippen LogP contribution in [-0.2, 0) is 43.3 Å². The van der Waals surface area contributed by atoms with E-state index in [2.05, 4.69) is 15.6 Å². The van der Waals surface area contributed by atoms with E-state index in [9.17, 15) is 19.2 Å². The molecule has 1 unspecified atom stereocenters. The average molecular weight is 613 g/mol. The standard InChI is InChI=1S/C31H44N6O7/c1-2-8-28(29(39)32-23-38)37-21-26-24(9-6-11-25(26)30(37)40)10-7-15-42-17-19-44-20-18-43-16-14-36-22-27(33-34-36)31(41)35-12-4-3-5-13-35/h6,9,11,22-23,28H,2-5,7-8,10,12-21H2,1H3,(H,32,38,39). The number of carbonyl (C=O) groups excluding carboxylic acids is 4. The molecule has 4 rings (SSSR count). The molecule has 1 saturated heterocycles. The minimum absolute atomic E-state index is 0.0559. The summed E-state index contributed by atoms with van der Waals surface area (Å²) in [6, 6.07) is 5.00. The minimum atomic E-state index is -0.672. The summed E-state index contributed by atoms with van der Waals surface area (Å²) in [7, 11) is 0. The summed E-state index contributed by atoms with van der Waals surface area (Å²) in [5, 5.41) is 10.2. The highest BCUT2D eigenvalue weighted by molar-refractivity contribution is 6.02. The molecule has 1 N–H and O–H groups in total. The molecule has 44 heavy (non-hydrogen) atoms. The molecule has 3 heterocycles. The molecule has 1 aromatic carbocycles. The second-order valence-electron chi connectivity index (χ2n) is 11.0. The van der Waals surface area contributed by atoms with Crippen LogP contribution in [0.5, 0.6) is 0 Å². The van der Waals surface area contributed by atoms with E-state index in [1.165, 1.54) is 6.42 Å². The predicted octanol–water partition coefficient (Wildman–Crippen LogP) is 1.98. The first-order valence-corrected chi connectivity index (χ1v) is 15.6. The Hall–Kier alpha value is -3.68. The van der Waals surface area contributed by atoms with Crippen LogP contribution in [0.25, 0.3) is 0 Å². The molecule has 2 aliphatic rings. The Kier molecular flexibility index (Phi) is 13.3. The zero-order valence-electron chi connectivity index (χ0n) is 25.6. The van der Waals surface area contributed by atoms with Gasteiger partial charge in [-0.15, -0.1) is 5.10 Å². The molecule has 2 aromatic rings. The van der Waals surface area contributed by atoms with Crippen molar-refractivity contribution < 1.29 is 33.4 Å². The summed E-state index contributed by atoms with van der Waals surface area (Å²) in [5.74, 6) is -0.681. The van der Waals surface area contributed by atoms with E-state index in [-0.39, 0.29) is 11.8 Å². The maximum atomic E-state index is 13.1. The van der Waals surface area contributed by atoms with Gasteiger partial charge in [-0.2, -0.15) is 0 Å². The molecule has 240 valence electrons. The summed E-state index contributed by atoms with van der Waals surface area (Å²) in [6.07, 6.45) is 8.02. The third-order valence-corrected chi connectivity index (χ3v) is 7.88. The number of aryl methyl sites for hydroxylation is 1. The summed E-state index contributed by atoms with van der Waals surface area (Å²) in [5.41, 5.74) is 3.00. The van der Waals surface area contributed by atoms with Gasteiger partial charge in [-0.1, -0.05) is 30.7 Å². The Morgan fingerprint density at radius 1 is 1.02 bits per heavy atom. The van der Waals surface area contributed by atoms with E-state index in [0.717, 1.165) is 49.9 Å². The summed E-state index contributed by atoms with van der Waals surface area (Å²) in [4.78, 5) is 52.2. The Bertz CT molecular complexity index is 1250. The molecule has 13 nitrogen and oxygen atoms in total. The van der Waals surface area contributed by atoms with Crippen molar-refractivity contribution in [3.8, 4) is 0 Å². The maximum absolute atomic E-state index is 13.1. The van der Waals surface area contributed by atoms with Crippen molar-refractivity contribution in [1.82, 2.24) is 30.1 Å². The van der Waals surface area contributed by atoms with Gasteiger partial charge in [-0.25, -0.2) is 4.68 Å². The highest BCUT2D eigenvalue weighted by atomic mass is 16.5. The Morgan fingerprint density at radius 2 is 1.75 bits per heavy atom. The zero-order valence-corrected chi connectivity index (χ0v) is 25.6. The second kappa shape index (κ2) is 17.6. The van der Waals surface area contributed by atoms with Crippen LogP contribution in [0.15, 0.2) is 24.4 Å². The quantitative estimate of drug-likeness (QED) is 0.186. The fourth-order valence-electron chi connectivity index (χ4n) is 5.59. The largest absolute Gasteiger partial charge is 0.379 e. The van der Waals surface area contributed by atoms with Crippen LogP contribution < -0.4 is 5.32 Å². The normalized spacial score (nSPS) is 15.3. The van der Waals surface area contributed by atoms with Gasteiger partial charge in [0.15, 0.2) is 5.69 Å². The molecular formula is C31H44N6O7. The van der Waals surface area contributed by atoms with Crippen molar-refractivity contribution in [2.24, 2.45) is 0 Å². The van der Waals surface area contributed by atoms with Crippen LogP contribution in [-0.4, -0.2) is 108 Å². The van der Waals surface area contributed by atoms with E-state index < -0.39 is 11.9 Å². The van der Waals surface area contributed by atoms with Gasteiger partial charge in [-0.3, -0.25) is 24.5 Å². The monoisotopic (exact) mass is 612 g/mol. The fourth-order valence-corrected chi connectivity index (χ4v) is 5.59. The number of ether oxygens (including phenoxy) is 3. The zero-order chi connectivity index (χ0) is 31.1. The Labute approximate surface area is 258 Å². The number of hydrogen-bond acceptors (Lipinski definition) is 9. The molecule has 2 aliphatic heterocycles. The molecule has 0 radical (unpaired) electrons. The highest BCUT2D eigenvalue weighted by Crippen LogP contribution is 2.29. The molecule has 13 heteroatoms.